The number of nitrogens with two attached hydrogens (primary N) is 1. The third kappa shape index (κ3) is 4.14. The van der Waals surface area contributed by atoms with Gasteiger partial charge in [-0.05, 0) is 35.3 Å². The molecule has 4 rings (SSSR count). The quantitative estimate of drug-likeness (QED) is 0.392. The van der Waals surface area contributed by atoms with Gasteiger partial charge in [-0.25, -0.2) is 0 Å². The number of anilines is 2. The largest absolute Gasteiger partial charge is 0.398 e. The van der Waals surface area contributed by atoms with E-state index < -0.39 is 0 Å². The third-order valence-corrected chi connectivity index (χ3v) is 6.04. The van der Waals surface area contributed by atoms with E-state index >= 15 is 0 Å². The van der Waals surface area contributed by atoms with E-state index in [4.69, 9.17) is 5.73 Å². The second-order valence-corrected chi connectivity index (χ2v) is 8.10. The van der Waals surface area contributed by atoms with Crippen LogP contribution in [-0.4, -0.2) is 17.9 Å². The lowest BCUT2D eigenvalue weighted by atomic mass is 9.82. The number of para-hydroxylation sites is 2. The second kappa shape index (κ2) is 9.10. The molecule has 1 aliphatic rings. The number of nitrogens with one attached hydrogen (secondary N) is 2. The van der Waals surface area contributed by atoms with Crippen LogP contribution in [0.3, 0.4) is 0 Å². The number of carbonyl (C=O) groups excluding carboxylic acids is 2. The van der Waals surface area contributed by atoms with Gasteiger partial charge in [-0.3, -0.25) is 9.59 Å². The van der Waals surface area contributed by atoms with Crippen molar-refractivity contribution in [1.29, 1.82) is 0 Å². The number of carbonyl (C=O) groups is 2. The van der Waals surface area contributed by atoms with Crippen molar-refractivity contribution in [3.05, 3.63) is 90.0 Å². The molecule has 0 radical (unpaired) electrons. The van der Waals surface area contributed by atoms with Crippen molar-refractivity contribution in [3.63, 3.8) is 0 Å². The minimum Gasteiger partial charge on any atom is -0.398 e. The number of benzene rings is 3. The summed E-state index contributed by atoms with van der Waals surface area (Å²) in [4.78, 5) is 25.8. The summed E-state index contributed by atoms with van der Waals surface area (Å²) in [6, 6.07) is 22.4. The Hall–Kier alpha value is -3.86. The van der Waals surface area contributed by atoms with Crippen LogP contribution < -0.4 is 16.4 Å². The van der Waals surface area contributed by atoms with Crippen LogP contribution in [0.2, 0.25) is 0 Å². The number of hydrogen-bond donors (Lipinski definition) is 3. The number of fused-ring (bicyclic) bond motifs is 1. The first kappa shape index (κ1) is 21.4. The second-order valence-electron chi connectivity index (χ2n) is 8.10. The highest BCUT2D eigenvalue weighted by Gasteiger charge is 2.31. The lowest BCUT2D eigenvalue weighted by Gasteiger charge is -2.32. The van der Waals surface area contributed by atoms with Crippen LogP contribution in [0.15, 0.2) is 78.9 Å². The highest BCUT2D eigenvalue weighted by Crippen LogP contribution is 2.34. The van der Waals surface area contributed by atoms with E-state index in [9.17, 15) is 9.59 Å². The van der Waals surface area contributed by atoms with Gasteiger partial charge in [-0.15, -0.1) is 0 Å². The maximum atomic E-state index is 13.2. The van der Waals surface area contributed by atoms with Crippen LogP contribution in [0, 0.1) is 5.92 Å². The normalized spacial score (nSPS) is 17.4. The van der Waals surface area contributed by atoms with Crippen molar-refractivity contribution in [1.82, 2.24) is 5.32 Å². The summed E-state index contributed by atoms with van der Waals surface area (Å²) in [6.07, 6.45) is 2.49. The van der Waals surface area contributed by atoms with Crippen molar-refractivity contribution >= 4 is 28.8 Å². The summed E-state index contributed by atoms with van der Waals surface area (Å²) in [5.74, 6) is -0.169. The van der Waals surface area contributed by atoms with E-state index in [-0.39, 0.29) is 23.8 Å². The van der Waals surface area contributed by atoms with E-state index in [0.29, 0.717) is 16.9 Å². The molecule has 0 aliphatic carbocycles. The van der Waals surface area contributed by atoms with Crippen LogP contribution in [-0.2, 0) is 4.79 Å². The van der Waals surface area contributed by atoms with Gasteiger partial charge < -0.3 is 16.4 Å². The molecular weight excluding hydrogens is 398 g/mol. The third-order valence-electron chi connectivity index (χ3n) is 6.04. The van der Waals surface area contributed by atoms with Crippen molar-refractivity contribution in [2.24, 2.45) is 5.92 Å². The summed E-state index contributed by atoms with van der Waals surface area (Å²) in [5.41, 5.74) is 11.4. The summed E-state index contributed by atoms with van der Waals surface area (Å²) < 4.78 is 0. The van der Waals surface area contributed by atoms with Crippen LogP contribution in [0.1, 0.15) is 36.2 Å². The Morgan fingerprint density at radius 2 is 1.56 bits per heavy atom. The van der Waals surface area contributed by atoms with E-state index in [1.165, 1.54) is 0 Å². The van der Waals surface area contributed by atoms with Crippen LogP contribution in [0.5, 0.6) is 0 Å². The average molecular weight is 426 g/mol. The van der Waals surface area contributed by atoms with E-state index in [1.54, 1.807) is 12.1 Å². The van der Waals surface area contributed by atoms with E-state index in [1.807, 2.05) is 66.7 Å². The number of amides is 2. The van der Waals surface area contributed by atoms with Gasteiger partial charge in [0.1, 0.15) is 0 Å². The van der Waals surface area contributed by atoms with Crippen molar-refractivity contribution < 1.29 is 9.59 Å². The molecule has 1 aliphatic heterocycles. The fourth-order valence-electron chi connectivity index (χ4n) is 4.13. The van der Waals surface area contributed by atoms with Gasteiger partial charge in [0, 0.05) is 34.1 Å². The molecule has 0 unspecified atom stereocenters. The Morgan fingerprint density at radius 3 is 2.25 bits per heavy atom. The molecule has 0 saturated heterocycles. The smallest absolute Gasteiger partial charge is 0.252 e. The minimum absolute atomic E-state index is 0.103. The van der Waals surface area contributed by atoms with Gasteiger partial charge >= 0.3 is 0 Å². The summed E-state index contributed by atoms with van der Waals surface area (Å²) in [6.45, 7) is 4.16. The lowest BCUT2D eigenvalue weighted by Crippen LogP contribution is -2.44. The van der Waals surface area contributed by atoms with Gasteiger partial charge in [-0.2, -0.15) is 0 Å². The van der Waals surface area contributed by atoms with E-state index in [0.717, 1.165) is 28.7 Å². The molecule has 5 heteroatoms. The molecule has 2 atom stereocenters. The minimum atomic E-state index is -0.249. The molecule has 5 nitrogen and oxygen atoms in total. The average Bonchev–Trinajstić information content (AvgIpc) is 2.81. The zero-order chi connectivity index (χ0) is 22.7. The number of rotatable bonds is 5. The van der Waals surface area contributed by atoms with Crippen molar-refractivity contribution in [2.45, 2.75) is 26.3 Å². The number of hydrogen-bond acceptors (Lipinski definition) is 3. The predicted molar refractivity (Wildman–Crippen MR) is 130 cm³/mol. The molecule has 0 saturated carbocycles. The zero-order valence-corrected chi connectivity index (χ0v) is 18.3. The lowest BCUT2D eigenvalue weighted by molar-refractivity contribution is -0.111. The topological polar surface area (TPSA) is 84.2 Å². The molecule has 1 heterocycles. The first-order chi connectivity index (χ1) is 15.5. The van der Waals surface area contributed by atoms with Crippen LogP contribution >= 0.6 is 0 Å². The Bertz CT molecular complexity index is 1200. The maximum absolute atomic E-state index is 13.2. The SMILES string of the molecule is CC[C@H](C)[C@@H]1NC(=O)c2ccccc2/C1=C/C(=O)Nc1ccccc1-c1ccccc1N. The fourth-order valence-corrected chi connectivity index (χ4v) is 4.13. The molecule has 162 valence electrons. The first-order valence-electron chi connectivity index (χ1n) is 10.9. The first-order valence-corrected chi connectivity index (χ1v) is 10.9. The molecule has 0 bridgehead atoms. The zero-order valence-electron chi connectivity index (χ0n) is 18.3. The molecule has 32 heavy (non-hydrogen) atoms. The Labute approximate surface area is 188 Å². The van der Waals surface area contributed by atoms with Crippen molar-refractivity contribution in [2.75, 3.05) is 11.1 Å². The van der Waals surface area contributed by atoms with Gasteiger partial charge in [-0.1, -0.05) is 74.9 Å². The van der Waals surface area contributed by atoms with Gasteiger partial charge in [0.2, 0.25) is 5.91 Å². The monoisotopic (exact) mass is 425 g/mol. The molecule has 0 aromatic heterocycles. The Morgan fingerprint density at radius 1 is 0.969 bits per heavy atom. The molecule has 4 N–H and O–H groups in total. The summed E-state index contributed by atoms with van der Waals surface area (Å²) >= 11 is 0. The summed E-state index contributed by atoms with van der Waals surface area (Å²) in [5, 5.41) is 6.10. The molecule has 2 amide bonds. The predicted octanol–water partition coefficient (Wildman–Crippen LogP) is 5.12. The van der Waals surface area contributed by atoms with Gasteiger partial charge in [0.15, 0.2) is 0 Å². The van der Waals surface area contributed by atoms with Crippen molar-refractivity contribution in [3.8, 4) is 11.1 Å². The molecule has 3 aromatic carbocycles. The standard InChI is InChI=1S/C27H27N3O2/c1-3-17(2)26-22(18-10-4-5-13-21(18)27(32)30-26)16-25(31)29-24-15-9-7-12-20(24)19-11-6-8-14-23(19)28/h4-17,26H,3,28H2,1-2H3,(H,29,31)(H,30,32)/b22-16-/t17-,26-/m0/s1. The molecular formula is C27H27N3O2. The fraction of sp³-hybridized carbons (Fsp3) is 0.185. The maximum Gasteiger partial charge on any atom is 0.252 e. The van der Waals surface area contributed by atoms with Gasteiger partial charge in [0.05, 0.1) is 6.04 Å². The molecule has 3 aromatic rings. The molecule has 0 spiro atoms. The number of nitrogen functional groups attached to an aromatic ring is 1. The highest BCUT2D eigenvalue weighted by atomic mass is 16.2. The van der Waals surface area contributed by atoms with E-state index in [2.05, 4.69) is 24.5 Å². The van der Waals surface area contributed by atoms with Crippen LogP contribution in [0.4, 0.5) is 11.4 Å². The highest BCUT2D eigenvalue weighted by molar-refractivity contribution is 6.11. The Balaban J connectivity index is 1.71. The molecule has 0 fully saturated rings. The van der Waals surface area contributed by atoms with Gasteiger partial charge in [0.25, 0.3) is 5.91 Å². The Kier molecular flexibility index (Phi) is 6.08. The summed E-state index contributed by atoms with van der Waals surface area (Å²) in [7, 11) is 0. The van der Waals surface area contributed by atoms with Crippen LogP contribution in [0.25, 0.3) is 16.7 Å².